The van der Waals surface area contributed by atoms with Gasteiger partial charge in [-0.05, 0) is 25.0 Å². The Labute approximate surface area is 80.5 Å². The summed E-state index contributed by atoms with van der Waals surface area (Å²) in [5, 5.41) is 0.955. The van der Waals surface area contributed by atoms with Gasteiger partial charge in [0.05, 0.1) is 0 Å². The molecule has 0 nitrogen and oxygen atoms in total. The van der Waals surface area contributed by atoms with Gasteiger partial charge in [-0.1, -0.05) is 19.3 Å². The highest BCUT2D eigenvalue weighted by atomic mass is 32.2. The van der Waals surface area contributed by atoms with Crippen molar-refractivity contribution in [3.05, 3.63) is 0 Å². The van der Waals surface area contributed by atoms with Crippen LogP contribution in [0.15, 0.2) is 0 Å². The third-order valence-electron chi connectivity index (χ3n) is 2.37. The molecule has 0 N–H and O–H groups in total. The summed E-state index contributed by atoms with van der Waals surface area (Å²) in [5.41, 5.74) is 0. The van der Waals surface area contributed by atoms with E-state index in [2.05, 4.69) is 17.7 Å². The maximum absolute atomic E-state index is 5.19. The number of thioether (sulfide) groups is 1. The van der Waals surface area contributed by atoms with Crippen molar-refractivity contribution in [1.29, 1.82) is 0 Å². The first-order chi connectivity index (χ1) is 5.93. The van der Waals surface area contributed by atoms with Crippen molar-refractivity contribution in [2.75, 3.05) is 5.75 Å². The van der Waals surface area contributed by atoms with E-state index >= 15 is 0 Å². The van der Waals surface area contributed by atoms with Crippen molar-refractivity contribution in [2.45, 2.75) is 50.2 Å². The molecular formula is C11H18S. The molecule has 1 saturated carbocycles. The van der Waals surface area contributed by atoms with E-state index in [-0.39, 0.29) is 0 Å². The van der Waals surface area contributed by atoms with Crippen molar-refractivity contribution in [2.24, 2.45) is 0 Å². The number of hydrogen-bond donors (Lipinski definition) is 0. The summed E-state index contributed by atoms with van der Waals surface area (Å²) < 4.78 is 0. The van der Waals surface area contributed by atoms with Gasteiger partial charge in [0.2, 0.25) is 0 Å². The molecule has 1 fully saturated rings. The van der Waals surface area contributed by atoms with Crippen LogP contribution in [0.4, 0.5) is 0 Å². The van der Waals surface area contributed by atoms with Gasteiger partial charge in [-0.3, -0.25) is 0 Å². The largest absolute Gasteiger partial charge is 0.159 e. The maximum Gasteiger partial charge on any atom is 0.00939 e. The Balaban J connectivity index is 1.95. The average Bonchev–Trinajstić information content (AvgIpc) is 2.14. The number of unbranched alkanes of at least 4 members (excludes halogenated alkanes) is 1. The minimum absolute atomic E-state index is 0.955. The monoisotopic (exact) mass is 182 g/mol. The molecule has 0 amide bonds. The number of terminal acetylenes is 1. The van der Waals surface area contributed by atoms with Crippen LogP contribution in [0.2, 0.25) is 0 Å². The van der Waals surface area contributed by atoms with Crippen LogP contribution >= 0.6 is 11.8 Å². The predicted octanol–water partition coefficient (Wildman–Crippen LogP) is 3.47. The smallest absolute Gasteiger partial charge is 0.00939 e. The van der Waals surface area contributed by atoms with Crippen LogP contribution in [-0.4, -0.2) is 11.0 Å². The van der Waals surface area contributed by atoms with Gasteiger partial charge in [0.1, 0.15) is 0 Å². The topological polar surface area (TPSA) is 0 Å². The summed E-state index contributed by atoms with van der Waals surface area (Å²) in [5.74, 6) is 3.96. The van der Waals surface area contributed by atoms with Gasteiger partial charge in [-0.2, -0.15) is 11.8 Å². The fourth-order valence-electron chi connectivity index (χ4n) is 1.66. The Morgan fingerprint density at radius 3 is 2.67 bits per heavy atom. The molecule has 68 valence electrons. The third kappa shape index (κ3) is 4.07. The molecule has 0 aliphatic heterocycles. The normalized spacial score (nSPS) is 18.9. The van der Waals surface area contributed by atoms with E-state index in [0.29, 0.717) is 0 Å². The molecule has 1 aliphatic rings. The highest BCUT2D eigenvalue weighted by Crippen LogP contribution is 2.28. The molecule has 1 rings (SSSR count). The third-order valence-corrected chi connectivity index (χ3v) is 3.84. The summed E-state index contributed by atoms with van der Waals surface area (Å²) in [6.45, 7) is 0. The molecule has 0 atom stereocenters. The SMILES string of the molecule is C#CCCCSC1CCCCC1. The molecule has 0 aromatic heterocycles. The summed E-state index contributed by atoms with van der Waals surface area (Å²) >= 11 is 2.14. The minimum Gasteiger partial charge on any atom is -0.159 e. The highest BCUT2D eigenvalue weighted by molar-refractivity contribution is 7.99. The molecule has 0 bridgehead atoms. The molecule has 0 spiro atoms. The van der Waals surface area contributed by atoms with Gasteiger partial charge in [0.25, 0.3) is 0 Å². The standard InChI is InChI=1S/C11H18S/c1-2-3-7-10-12-11-8-5-4-6-9-11/h1,11H,3-10H2. The van der Waals surface area contributed by atoms with E-state index in [1.807, 2.05) is 0 Å². The fourth-order valence-corrected chi connectivity index (χ4v) is 2.97. The average molecular weight is 182 g/mol. The summed E-state index contributed by atoms with van der Waals surface area (Å²) in [6.07, 6.45) is 14.6. The Hall–Kier alpha value is -0.0900. The van der Waals surface area contributed by atoms with Crippen LogP contribution in [0.25, 0.3) is 0 Å². The van der Waals surface area contributed by atoms with Crippen LogP contribution in [-0.2, 0) is 0 Å². The second-order valence-electron chi connectivity index (χ2n) is 3.44. The van der Waals surface area contributed by atoms with Crippen LogP contribution in [0.3, 0.4) is 0 Å². The van der Waals surface area contributed by atoms with Crippen LogP contribution in [0.1, 0.15) is 44.9 Å². The molecule has 0 saturated heterocycles. The molecule has 0 radical (unpaired) electrons. The maximum atomic E-state index is 5.19. The second-order valence-corrected chi connectivity index (χ2v) is 4.85. The van der Waals surface area contributed by atoms with Crippen molar-refractivity contribution in [3.8, 4) is 12.3 Å². The Bertz CT molecular complexity index is 140. The first kappa shape index (κ1) is 9.99. The zero-order valence-corrected chi connectivity index (χ0v) is 8.54. The van der Waals surface area contributed by atoms with Gasteiger partial charge in [-0.25, -0.2) is 0 Å². The van der Waals surface area contributed by atoms with Gasteiger partial charge in [0.15, 0.2) is 0 Å². The first-order valence-corrected chi connectivity index (χ1v) is 6.03. The summed E-state index contributed by atoms with van der Waals surface area (Å²) in [4.78, 5) is 0. The van der Waals surface area contributed by atoms with Gasteiger partial charge in [0, 0.05) is 11.7 Å². The molecular weight excluding hydrogens is 164 g/mol. The predicted molar refractivity (Wildman–Crippen MR) is 57.4 cm³/mol. The zero-order chi connectivity index (χ0) is 8.65. The highest BCUT2D eigenvalue weighted by Gasteiger charge is 2.12. The lowest BCUT2D eigenvalue weighted by Crippen LogP contribution is -2.08. The quantitative estimate of drug-likeness (QED) is 0.474. The molecule has 1 heteroatoms. The lowest BCUT2D eigenvalue weighted by atomic mass is 10.0. The lowest BCUT2D eigenvalue weighted by molar-refractivity contribution is 0.516. The Kier molecular flexibility index (Phi) is 5.35. The zero-order valence-electron chi connectivity index (χ0n) is 7.72. The van der Waals surface area contributed by atoms with E-state index in [0.717, 1.165) is 11.7 Å². The molecule has 1 aliphatic carbocycles. The number of rotatable bonds is 4. The van der Waals surface area contributed by atoms with E-state index < -0.39 is 0 Å². The van der Waals surface area contributed by atoms with Gasteiger partial charge < -0.3 is 0 Å². The number of hydrogen-bond acceptors (Lipinski definition) is 1. The van der Waals surface area contributed by atoms with Gasteiger partial charge >= 0.3 is 0 Å². The van der Waals surface area contributed by atoms with E-state index in [1.165, 1.54) is 44.3 Å². The molecule has 12 heavy (non-hydrogen) atoms. The molecule has 0 heterocycles. The molecule has 0 aromatic carbocycles. The van der Waals surface area contributed by atoms with E-state index in [4.69, 9.17) is 6.42 Å². The van der Waals surface area contributed by atoms with Crippen molar-refractivity contribution in [1.82, 2.24) is 0 Å². The fraction of sp³-hybridized carbons (Fsp3) is 0.818. The van der Waals surface area contributed by atoms with Crippen molar-refractivity contribution >= 4 is 11.8 Å². The summed E-state index contributed by atoms with van der Waals surface area (Å²) in [6, 6.07) is 0. The van der Waals surface area contributed by atoms with Crippen LogP contribution in [0, 0.1) is 12.3 Å². The van der Waals surface area contributed by atoms with Crippen LogP contribution in [0.5, 0.6) is 0 Å². The van der Waals surface area contributed by atoms with Crippen molar-refractivity contribution in [3.63, 3.8) is 0 Å². The minimum atomic E-state index is 0.955. The Morgan fingerprint density at radius 2 is 2.00 bits per heavy atom. The van der Waals surface area contributed by atoms with Gasteiger partial charge in [-0.15, -0.1) is 12.3 Å². The van der Waals surface area contributed by atoms with E-state index in [1.54, 1.807) is 0 Å². The first-order valence-electron chi connectivity index (χ1n) is 4.98. The van der Waals surface area contributed by atoms with Crippen molar-refractivity contribution < 1.29 is 0 Å². The summed E-state index contributed by atoms with van der Waals surface area (Å²) in [7, 11) is 0. The second kappa shape index (κ2) is 6.43. The Morgan fingerprint density at radius 1 is 1.25 bits per heavy atom. The van der Waals surface area contributed by atoms with E-state index in [9.17, 15) is 0 Å². The molecule has 0 aromatic rings. The van der Waals surface area contributed by atoms with Crippen LogP contribution < -0.4 is 0 Å². The lowest BCUT2D eigenvalue weighted by Gasteiger charge is -2.20. The molecule has 0 unspecified atom stereocenters.